The van der Waals surface area contributed by atoms with Crippen molar-refractivity contribution < 1.29 is 22.3 Å². The number of sulfonamides is 1. The third-order valence-corrected chi connectivity index (χ3v) is 5.93. The van der Waals surface area contributed by atoms with Gasteiger partial charge in [-0.3, -0.25) is 4.79 Å². The van der Waals surface area contributed by atoms with Crippen LogP contribution in [0.3, 0.4) is 0 Å². The SMILES string of the molecule is CCCC(=O)N1CCCN(S(=O)(=O)c2cc(F)ccc2OC)CC1. The second-order valence-electron chi connectivity index (χ2n) is 5.68. The molecule has 1 aliphatic rings. The molecule has 0 saturated carbocycles. The maximum absolute atomic E-state index is 13.5. The van der Waals surface area contributed by atoms with Gasteiger partial charge in [0.15, 0.2) is 0 Å². The van der Waals surface area contributed by atoms with Gasteiger partial charge in [0.25, 0.3) is 0 Å². The van der Waals surface area contributed by atoms with Crippen LogP contribution in [-0.4, -0.2) is 56.8 Å². The van der Waals surface area contributed by atoms with Gasteiger partial charge >= 0.3 is 0 Å². The molecular weight excluding hydrogens is 335 g/mol. The number of methoxy groups -OCH3 is 1. The number of hydrogen-bond donors (Lipinski definition) is 0. The molecule has 1 saturated heterocycles. The molecule has 0 atom stereocenters. The van der Waals surface area contributed by atoms with Gasteiger partial charge in [-0.1, -0.05) is 6.92 Å². The number of amides is 1. The summed E-state index contributed by atoms with van der Waals surface area (Å²) in [7, 11) is -2.53. The molecular formula is C16H23FN2O4S. The largest absolute Gasteiger partial charge is 0.495 e. The molecule has 1 aliphatic heterocycles. The summed E-state index contributed by atoms with van der Waals surface area (Å²) >= 11 is 0. The second kappa shape index (κ2) is 7.94. The van der Waals surface area contributed by atoms with Gasteiger partial charge in [-0.25, -0.2) is 12.8 Å². The van der Waals surface area contributed by atoms with Crippen LogP contribution in [0.2, 0.25) is 0 Å². The van der Waals surface area contributed by atoms with E-state index < -0.39 is 15.8 Å². The average molecular weight is 358 g/mol. The van der Waals surface area contributed by atoms with Crippen LogP contribution < -0.4 is 4.74 Å². The van der Waals surface area contributed by atoms with Gasteiger partial charge < -0.3 is 9.64 Å². The Hall–Kier alpha value is -1.67. The van der Waals surface area contributed by atoms with Crippen molar-refractivity contribution in [3.05, 3.63) is 24.0 Å². The molecule has 1 aromatic carbocycles. The number of carbonyl (C=O) groups excluding carboxylic acids is 1. The molecule has 1 amide bonds. The van der Waals surface area contributed by atoms with Crippen LogP contribution in [0, 0.1) is 5.82 Å². The molecule has 0 bridgehead atoms. The number of carbonyl (C=O) groups is 1. The molecule has 0 aliphatic carbocycles. The lowest BCUT2D eigenvalue weighted by Crippen LogP contribution is -2.37. The Labute approximate surface area is 142 Å². The van der Waals surface area contributed by atoms with E-state index in [0.29, 0.717) is 25.9 Å². The zero-order valence-electron chi connectivity index (χ0n) is 14.0. The normalized spacial score (nSPS) is 16.7. The molecule has 0 radical (unpaired) electrons. The summed E-state index contributed by atoms with van der Waals surface area (Å²) in [5, 5.41) is 0. The van der Waals surface area contributed by atoms with E-state index in [9.17, 15) is 17.6 Å². The number of halogens is 1. The average Bonchev–Trinajstić information content (AvgIpc) is 2.81. The highest BCUT2D eigenvalue weighted by atomic mass is 32.2. The minimum atomic E-state index is -3.88. The van der Waals surface area contributed by atoms with E-state index in [1.54, 1.807) is 4.90 Å². The molecule has 0 spiro atoms. The lowest BCUT2D eigenvalue weighted by atomic mass is 10.3. The van der Waals surface area contributed by atoms with Crippen LogP contribution >= 0.6 is 0 Å². The van der Waals surface area contributed by atoms with Crippen LogP contribution in [0.5, 0.6) is 5.75 Å². The van der Waals surface area contributed by atoms with E-state index in [4.69, 9.17) is 4.74 Å². The molecule has 0 unspecified atom stereocenters. The summed E-state index contributed by atoms with van der Waals surface area (Å²) in [5.74, 6) is -0.483. The highest BCUT2D eigenvalue weighted by Gasteiger charge is 2.30. The number of nitrogens with zero attached hydrogens (tertiary/aromatic N) is 2. The fourth-order valence-corrected chi connectivity index (χ4v) is 4.38. The summed E-state index contributed by atoms with van der Waals surface area (Å²) in [6.07, 6.45) is 1.77. The third kappa shape index (κ3) is 4.05. The van der Waals surface area contributed by atoms with E-state index in [-0.39, 0.29) is 29.6 Å². The lowest BCUT2D eigenvalue weighted by Gasteiger charge is -2.22. The monoisotopic (exact) mass is 358 g/mol. The predicted molar refractivity (Wildman–Crippen MR) is 87.8 cm³/mol. The lowest BCUT2D eigenvalue weighted by molar-refractivity contribution is -0.131. The molecule has 1 fully saturated rings. The molecule has 0 aromatic heterocycles. The van der Waals surface area contributed by atoms with Gasteiger partial charge in [-0.2, -0.15) is 4.31 Å². The third-order valence-electron chi connectivity index (χ3n) is 4.01. The van der Waals surface area contributed by atoms with Crippen LogP contribution in [-0.2, 0) is 14.8 Å². The molecule has 1 heterocycles. The summed E-state index contributed by atoms with van der Waals surface area (Å²) in [5.41, 5.74) is 0. The summed E-state index contributed by atoms with van der Waals surface area (Å²) < 4.78 is 45.6. The highest BCUT2D eigenvalue weighted by molar-refractivity contribution is 7.89. The van der Waals surface area contributed by atoms with Gasteiger partial charge in [0.1, 0.15) is 16.5 Å². The van der Waals surface area contributed by atoms with Crippen LogP contribution in [0.1, 0.15) is 26.2 Å². The number of hydrogen-bond acceptors (Lipinski definition) is 4. The molecule has 0 N–H and O–H groups in total. The van der Waals surface area contributed by atoms with Crippen LogP contribution in [0.15, 0.2) is 23.1 Å². The number of rotatable bonds is 5. The molecule has 2 rings (SSSR count). The van der Waals surface area contributed by atoms with Gasteiger partial charge in [-0.05, 0) is 31.0 Å². The first kappa shape index (κ1) is 18.7. The quantitative estimate of drug-likeness (QED) is 0.806. The predicted octanol–water partition coefficient (Wildman–Crippen LogP) is 1.86. The standard InChI is InChI=1S/C16H23FN2O4S/c1-3-5-16(20)18-8-4-9-19(11-10-18)24(21,22)15-12-13(17)6-7-14(15)23-2/h6-7,12H,3-5,8-11H2,1-2H3. The van der Waals surface area contributed by atoms with Crippen LogP contribution in [0.25, 0.3) is 0 Å². The maximum Gasteiger partial charge on any atom is 0.246 e. The van der Waals surface area contributed by atoms with E-state index in [0.717, 1.165) is 18.6 Å². The Balaban J connectivity index is 2.22. The van der Waals surface area contributed by atoms with Crippen molar-refractivity contribution in [2.75, 3.05) is 33.3 Å². The van der Waals surface area contributed by atoms with Gasteiger partial charge in [0, 0.05) is 32.6 Å². The van der Waals surface area contributed by atoms with Gasteiger partial charge in [0.2, 0.25) is 15.9 Å². The van der Waals surface area contributed by atoms with Crippen LogP contribution in [0.4, 0.5) is 4.39 Å². The molecule has 134 valence electrons. The second-order valence-corrected chi connectivity index (χ2v) is 7.59. The van der Waals surface area contributed by atoms with Gasteiger partial charge in [0.05, 0.1) is 7.11 Å². The molecule has 6 nitrogen and oxygen atoms in total. The topological polar surface area (TPSA) is 66.9 Å². The van der Waals surface area contributed by atoms with Crippen molar-refractivity contribution in [1.82, 2.24) is 9.21 Å². The van der Waals surface area contributed by atoms with Crippen molar-refractivity contribution >= 4 is 15.9 Å². The van der Waals surface area contributed by atoms with Crippen molar-refractivity contribution in [3.63, 3.8) is 0 Å². The van der Waals surface area contributed by atoms with Crippen molar-refractivity contribution in [2.45, 2.75) is 31.1 Å². The fourth-order valence-electron chi connectivity index (χ4n) is 2.75. The Bertz CT molecular complexity index is 693. The fraction of sp³-hybridized carbons (Fsp3) is 0.562. The zero-order chi connectivity index (χ0) is 17.7. The first-order chi connectivity index (χ1) is 11.4. The first-order valence-corrected chi connectivity index (χ1v) is 9.45. The van der Waals surface area contributed by atoms with Crippen molar-refractivity contribution in [3.8, 4) is 5.75 Å². The van der Waals surface area contributed by atoms with E-state index in [1.807, 2.05) is 6.92 Å². The minimum Gasteiger partial charge on any atom is -0.495 e. The van der Waals surface area contributed by atoms with Crippen molar-refractivity contribution in [1.29, 1.82) is 0 Å². The summed E-state index contributed by atoms with van der Waals surface area (Å²) in [4.78, 5) is 13.5. The Kier molecular flexibility index (Phi) is 6.17. The van der Waals surface area contributed by atoms with E-state index in [2.05, 4.69) is 0 Å². The summed E-state index contributed by atoms with van der Waals surface area (Å²) in [6.45, 7) is 3.29. The summed E-state index contributed by atoms with van der Waals surface area (Å²) in [6, 6.07) is 3.43. The number of ether oxygens (including phenoxy) is 1. The van der Waals surface area contributed by atoms with Crippen molar-refractivity contribution in [2.24, 2.45) is 0 Å². The Morgan fingerprint density at radius 3 is 2.67 bits per heavy atom. The Morgan fingerprint density at radius 1 is 1.25 bits per heavy atom. The van der Waals surface area contributed by atoms with Gasteiger partial charge in [-0.15, -0.1) is 0 Å². The van der Waals surface area contributed by atoms with E-state index >= 15 is 0 Å². The Morgan fingerprint density at radius 2 is 2.00 bits per heavy atom. The first-order valence-electron chi connectivity index (χ1n) is 8.01. The molecule has 1 aromatic rings. The highest BCUT2D eigenvalue weighted by Crippen LogP contribution is 2.28. The number of benzene rings is 1. The van der Waals surface area contributed by atoms with E-state index in [1.165, 1.54) is 17.5 Å². The minimum absolute atomic E-state index is 0.0417. The smallest absolute Gasteiger partial charge is 0.246 e. The molecule has 24 heavy (non-hydrogen) atoms. The zero-order valence-corrected chi connectivity index (χ0v) is 14.8. The maximum atomic E-state index is 13.5. The molecule has 8 heteroatoms.